The highest BCUT2D eigenvalue weighted by atomic mass is 32.2. The van der Waals surface area contributed by atoms with Gasteiger partial charge in [0.25, 0.3) is 0 Å². The second-order valence-corrected chi connectivity index (χ2v) is 7.09. The first kappa shape index (κ1) is 11.9. The molecule has 7 heteroatoms. The monoisotopic (exact) mass is 286 g/mol. The van der Waals surface area contributed by atoms with Crippen LogP contribution in [0.5, 0.6) is 0 Å². The topological polar surface area (TPSA) is 49.4 Å². The van der Waals surface area contributed by atoms with Crippen LogP contribution in [-0.2, 0) is 9.84 Å². The number of rotatable bonds is 1. The molecule has 1 aromatic carbocycles. The third-order valence-electron chi connectivity index (χ3n) is 3.27. The van der Waals surface area contributed by atoms with Crippen LogP contribution in [0.15, 0.2) is 24.3 Å². The molecule has 96 valence electrons. The molecule has 0 radical (unpaired) electrons. The number of anilines is 1. The van der Waals surface area contributed by atoms with Gasteiger partial charge in [-0.25, -0.2) is 12.8 Å². The van der Waals surface area contributed by atoms with Crippen LogP contribution in [0.25, 0.3) is 0 Å². The van der Waals surface area contributed by atoms with Crippen LogP contribution in [0.2, 0.25) is 0 Å². The van der Waals surface area contributed by atoms with Crippen molar-refractivity contribution in [3.63, 3.8) is 0 Å². The molecular weight excluding hydrogens is 275 g/mol. The maximum Gasteiger partial charge on any atom is 0.174 e. The van der Waals surface area contributed by atoms with Crippen LogP contribution in [0.4, 0.5) is 10.1 Å². The average Bonchev–Trinajstić information content (AvgIpc) is 2.68. The van der Waals surface area contributed by atoms with Crippen molar-refractivity contribution >= 4 is 32.9 Å². The van der Waals surface area contributed by atoms with E-state index in [0.717, 1.165) is 0 Å². The first-order chi connectivity index (χ1) is 8.46. The zero-order chi connectivity index (χ0) is 12.9. The number of sulfone groups is 1. The van der Waals surface area contributed by atoms with E-state index in [-0.39, 0.29) is 29.4 Å². The highest BCUT2D eigenvalue weighted by Gasteiger charge is 2.47. The minimum Gasteiger partial charge on any atom is -0.356 e. The summed E-state index contributed by atoms with van der Waals surface area (Å²) >= 11 is 5.19. The van der Waals surface area contributed by atoms with Gasteiger partial charge in [-0.1, -0.05) is 6.07 Å². The molecule has 2 fully saturated rings. The highest BCUT2D eigenvalue weighted by molar-refractivity contribution is 7.91. The van der Waals surface area contributed by atoms with Gasteiger partial charge < -0.3 is 10.2 Å². The summed E-state index contributed by atoms with van der Waals surface area (Å²) in [7, 11) is -3.04. The lowest BCUT2D eigenvalue weighted by molar-refractivity contribution is 0.600. The zero-order valence-electron chi connectivity index (χ0n) is 9.34. The molecule has 2 atom stereocenters. The quantitative estimate of drug-likeness (QED) is 0.770. The number of hydrogen-bond acceptors (Lipinski definition) is 3. The standard InChI is InChI=1S/C11H11FN2O2S2/c12-7-2-1-3-8(4-7)14-10-6-18(15,16)5-9(10)13-11(14)17/h1-4,9-10H,5-6H2,(H,13,17)/t9-,10+/m1/s1. The van der Waals surface area contributed by atoms with Crippen LogP contribution in [-0.4, -0.2) is 37.1 Å². The van der Waals surface area contributed by atoms with Crippen molar-refractivity contribution in [1.82, 2.24) is 5.32 Å². The minimum atomic E-state index is -3.04. The first-order valence-electron chi connectivity index (χ1n) is 5.52. The van der Waals surface area contributed by atoms with Crippen molar-refractivity contribution in [2.45, 2.75) is 12.1 Å². The number of hydrogen-bond donors (Lipinski definition) is 1. The molecule has 2 saturated heterocycles. The maximum atomic E-state index is 13.2. The largest absolute Gasteiger partial charge is 0.356 e. The van der Waals surface area contributed by atoms with Gasteiger partial charge in [0, 0.05) is 5.69 Å². The van der Waals surface area contributed by atoms with E-state index >= 15 is 0 Å². The van der Waals surface area contributed by atoms with Gasteiger partial charge in [0.2, 0.25) is 0 Å². The Morgan fingerprint density at radius 2 is 2.17 bits per heavy atom. The third-order valence-corrected chi connectivity index (χ3v) is 5.30. The van der Waals surface area contributed by atoms with E-state index in [0.29, 0.717) is 10.8 Å². The predicted molar refractivity (Wildman–Crippen MR) is 70.8 cm³/mol. The molecule has 2 aliphatic heterocycles. The van der Waals surface area contributed by atoms with Crippen molar-refractivity contribution in [2.24, 2.45) is 0 Å². The SMILES string of the molecule is O=S1(=O)C[C@H]2NC(=S)N(c3cccc(F)c3)[C@H]2C1. The smallest absolute Gasteiger partial charge is 0.174 e. The molecule has 18 heavy (non-hydrogen) atoms. The minimum absolute atomic E-state index is 0.0569. The van der Waals surface area contributed by atoms with Crippen molar-refractivity contribution < 1.29 is 12.8 Å². The van der Waals surface area contributed by atoms with Crippen LogP contribution >= 0.6 is 12.2 Å². The fourth-order valence-electron chi connectivity index (χ4n) is 2.53. The van der Waals surface area contributed by atoms with Crippen molar-refractivity contribution in [3.05, 3.63) is 30.1 Å². The van der Waals surface area contributed by atoms with Crippen molar-refractivity contribution in [3.8, 4) is 0 Å². The Morgan fingerprint density at radius 1 is 1.39 bits per heavy atom. The Labute approximate surface area is 110 Å². The molecule has 0 bridgehead atoms. The number of nitrogens with zero attached hydrogens (tertiary/aromatic N) is 1. The zero-order valence-corrected chi connectivity index (χ0v) is 11.0. The van der Waals surface area contributed by atoms with Crippen molar-refractivity contribution in [1.29, 1.82) is 0 Å². The lowest BCUT2D eigenvalue weighted by Crippen LogP contribution is -2.36. The molecule has 1 N–H and O–H groups in total. The Hall–Kier alpha value is -1.21. The lowest BCUT2D eigenvalue weighted by Gasteiger charge is -2.23. The van der Waals surface area contributed by atoms with Gasteiger partial charge in [0.15, 0.2) is 14.9 Å². The second-order valence-electron chi connectivity index (χ2n) is 4.55. The number of nitrogens with one attached hydrogen (secondary N) is 1. The van der Waals surface area contributed by atoms with E-state index in [9.17, 15) is 12.8 Å². The molecule has 0 saturated carbocycles. The maximum absolute atomic E-state index is 13.2. The molecule has 0 amide bonds. The normalized spacial score (nSPS) is 29.2. The van der Waals surface area contributed by atoms with E-state index in [1.54, 1.807) is 17.0 Å². The number of thiocarbonyl (C=S) groups is 1. The van der Waals surface area contributed by atoms with E-state index < -0.39 is 9.84 Å². The van der Waals surface area contributed by atoms with Crippen molar-refractivity contribution in [2.75, 3.05) is 16.4 Å². The van der Waals surface area contributed by atoms with E-state index in [2.05, 4.69) is 5.32 Å². The molecular formula is C11H11FN2O2S2. The van der Waals surface area contributed by atoms with E-state index in [1.807, 2.05) is 0 Å². The first-order valence-corrected chi connectivity index (χ1v) is 7.75. The van der Waals surface area contributed by atoms with Gasteiger partial charge in [-0.3, -0.25) is 0 Å². The summed E-state index contributed by atoms with van der Waals surface area (Å²) in [6.45, 7) is 0. The molecule has 4 nitrogen and oxygen atoms in total. The molecule has 0 spiro atoms. The fraction of sp³-hybridized carbons (Fsp3) is 0.364. The van der Waals surface area contributed by atoms with Gasteiger partial charge in [-0.2, -0.15) is 0 Å². The molecule has 2 heterocycles. The third kappa shape index (κ3) is 1.87. The average molecular weight is 286 g/mol. The summed E-state index contributed by atoms with van der Waals surface area (Å²) in [6, 6.07) is 5.60. The van der Waals surface area contributed by atoms with Crippen LogP contribution in [0.3, 0.4) is 0 Å². The summed E-state index contributed by atoms with van der Waals surface area (Å²) in [5.41, 5.74) is 0.595. The summed E-state index contributed by atoms with van der Waals surface area (Å²) in [5.74, 6) is -0.218. The van der Waals surface area contributed by atoms with Gasteiger partial charge >= 0.3 is 0 Å². The van der Waals surface area contributed by atoms with Gasteiger partial charge in [-0.05, 0) is 30.4 Å². The lowest BCUT2D eigenvalue weighted by atomic mass is 10.1. The van der Waals surface area contributed by atoms with Crippen LogP contribution < -0.4 is 10.2 Å². The Morgan fingerprint density at radius 3 is 2.89 bits per heavy atom. The molecule has 0 unspecified atom stereocenters. The number of fused-ring (bicyclic) bond motifs is 1. The molecule has 1 aromatic rings. The molecule has 2 aliphatic rings. The predicted octanol–water partition coefficient (Wildman–Crippen LogP) is 0.686. The van der Waals surface area contributed by atoms with Gasteiger partial charge in [0.05, 0.1) is 23.6 Å². The highest BCUT2D eigenvalue weighted by Crippen LogP contribution is 2.29. The Bertz CT molecular complexity index is 617. The van der Waals surface area contributed by atoms with E-state index in [4.69, 9.17) is 12.2 Å². The van der Waals surface area contributed by atoms with Gasteiger partial charge in [-0.15, -0.1) is 0 Å². The number of benzene rings is 1. The summed E-state index contributed by atoms with van der Waals surface area (Å²) in [4.78, 5) is 1.70. The van der Waals surface area contributed by atoms with Gasteiger partial charge in [0.1, 0.15) is 5.82 Å². The number of halogens is 1. The fourth-order valence-corrected chi connectivity index (χ4v) is 4.82. The van der Waals surface area contributed by atoms with E-state index in [1.165, 1.54) is 12.1 Å². The van der Waals surface area contributed by atoms with Crippen LogP contribution in [0.1, 0.15) is 0 Å². The molecule has 3 rings (SSSR count). The summed E-state index contributed by atoms with van der Waals surface area (Å²) < 4.78 is 36.5. The summed E-state index contributed by atoms with van der Waals surface area (Å²) in [5, 5.41) is 3.46. The molecule has 0 aliphatic carbocycles. The Kier molecular flexibility index (Phi) is 2.56. The second kappa shape index (κ2) is 3.89. The molecule has 0 aromatic heterocycles. The van der Waals surface area contributed by atoms with Crippen LogP contribution in [0, 0.1) is 5.82 Å². The summed E-state index contributed by atoms with van der Waals surface area (Å²) in [6.07, 6.45) is 0. The Balaban J connectivity index is 1.99.